The molecule has 0 aliphatic carbocycles. The number of carbonyl (C=O) groups is 1. The molecule has 1 N–H and O–H groups in total. The van der Waals surface area contributed by atoms with Gasteiger partial charge in [-0.05, 0) is 36.2 Å². The summed E-state index contributed by atoms with van der Waals surface area (Å²) in [6.45, 7) is 2.08. The van der Waals surface area contributed by atoms with Gasteiger partial charge in [0.05, 0.1) is 10.6 Å². The summed E-state index contributed by atoms with van der Waals surface area (Å²) < 4.78 is 0. The molecule has 0 unspecified atom stereocenters. The molecule has 0 radical (unpaired) electrons. The maximum Gasteiger partial charge on any atom is 0.257 e. The molecule has 2 nitrogen and oxygen atoms in total. The van der Waals surface area contributed by atoms with Crippen LogP contribution in [-0.2, 0) is 6.42 Å². The first-order chi connectivity index (χ1) is 8.70. The Balaban J connectivity index is 2.19. The van der Waals surface area contributed by atoms with E-state index < -0.39 is 0 Å². The van der Waals surface area contributed by atoms with Crippen LogP contribution < -0.4 is 5.32 Å². The molecule has 2 aromatic rings. The van der Waals surface area contributed by atoms with Gasteiger partial charge in [-0.2, -0.15) is 0 Å². The van der Waals surface area contributed by atoms with Crippen molar-refractivity contribution in [1.29, 1.82) is 0 Å². The molecule has 0 heterocycles. The lowest BCUT2D eigenvalue weighted by molar-refractivity contribution is 0.102. The van der Waals surface area contributed by atoms with Crippen LogP contribution in [0.4, 0.5) is 5.69 Å². The van der Waals surface area contributed by atoms with Gasteiger partial charge in [-0.3, -0.25) is 4.79 Å². The molecule has 0 fully saturated rings. The maximum absolute atomic E-state index is 12.0. The van der Waals surface area contributed by atoms with Crippen LogP contribution in [0, 0.1) is 0 Å². The summed E-state index contributed by atoms with van der Waals surface area (Å²) in [4.78, 5) is 12.0. The number of nitrogens with one attached hydrogen (secondary N) is 1. The third-order valence-corrected chi connectivity index (χ3v) is 3.04. The van der Waals surface area contributed by atoms with E-state index >= 15 is 0 Å². The van der Waals surface area contributed by atoms with E-state index in [1.54, 1.807) is 24.3 Å². The lowest BCUT2D eigenvalue weighted by Crippen LogP contribution is -2.12. The lowest BCUT2D eigenvalue weighted by atomic mass is 10.1. The van der Waals surface area contributed by atoms with Gasteiger partial charge in [-0.15, -0.1) is 0 Å². The van der Waals surface area contributed by atoms with Gasteiger partial charge in [0.15, 0.2) is 0 Å². The Morgan fingerprint density at radius 3 is 2.67 bits per heavy atom. The minimum atomic E-state index is -0.186. The van der Waals surface area contributed by atoms with E-state index in [4.69, 9.17) is 11.6 Å². The fraction of sp³-hybridized carbons (Fsp3) is 0.133. The van der Waals surface area contributed by atoms with E-state index in [0.29, 0.717) is 10.6 Å². The second-order valence-corrected chi connectivity index (χ2v) is 4.40. The molecule has 0 saturated heterocycles. The minimum absolute atomic E-state index is 0.186. The van der Waals surface area contributed by atoms with Gasteiger partial charge in [-0.25, -0.2) is 0 Å². The Labute approximate surface area is 112 Å². The molecular weight excluding hydrogens is 246 g/mol. The van der Waals surface area contributed by atoms with Crippen LogP contribution in [0.25, 0.3) is 0 Å². The van der Waals surface area contributed by atoms with Crippen molar-refractivity contribution in [3.8, 4) is 0 Å². The number of anilines is 1. The highest BCUT2D eigenvalue weighted by Gasteiger charge is 2.09. The van der Waals surface area contributed by atoms with Gasteiger partial charge in [0.25, 0.3) is 5.91 Å². The van der Waals surface area contributed by atoms with Crippen molar-refractivity contribution in [1.82, 2.24) is 0 Å². The second-order valence-electron chi connectivity index (χ2n) is 3.99. The molecule has 3 heteroatoms. The van der Waals surface area contributed by atoms with Crippen LogP contribution in [0.1, 0.15) is 22.8 Å². The van der Waals surface area contributed by atoms with Crippen molar-refractivity contribution in [2.24, 2.45) is 0 Å². The minimum Gasteiger partial charge on any atom is -0.322 e. The number of benzene rings is 2. The topological polar surface area (TPSA) is 29.1 Å². The predicted octanol–water partition coefficient (Wildman–Crippen LogP) is 4.15. The molecule has 0 spiro atoms. The second kappa shape index (κ2) is 5.69. The van der Waals surface area contributed by atoms with Crippen LogP contribution in [0.3, 0.4) is 0 Å². The molecule has 0 saturated carbocycles. The average Bonchev–Trinajstić information content (AvgIpc) is 2.39. The molecule has 92 valence electrons. The first kappa shape index (κ1) is 12.7. The lowest BCUT2D eigenvalue weighted by Gasteiger charge is -2.07. The van der Waals surface area contributed by atoms with Crippen molar-refractivity contribution in [3.05, 3.63) is 64.7 Å². The molecule has 2 rings (SSSR count). The summed E-state index contributed by atoms with van der Waals surface area (Å²) in [6, 6.07) is 14.8. The zero-order chi connectivity index (χ0) is 13.0. The number of amides is 1. The van der Waals surface area contributed by atoms with Crippen LogP contribution in [0.5, 0.6) is 0 Å². The molecule has 0 bridgehead atoms. The van der Waals surface area contributed by atoms with Gasteiger partial charge in [0.1, 0.15) is 0 Å². The van der Waals surface area contributed by atoms with E-state index in [0.717, 1.165) is 12.1 Å². The van der Waals surface area contributed by atoms with Crippen molar-refractivity contribution in [2.75, 3.05) is 5.32 Å². The van der Waals surface area contributed by atoms with Gasteiger partial charge >= 0.3 is 0 Å². The van der Waals surface area contributed by atoms with Gasteiger partial charge in [0, 0.05) is 5.69 Å². The van der Waals surface area contributed by atoms with Crippen LogP contribution in [0.15, 0.2) is 48.5 Å². The number of aryl methyl sites for hydroxylation is 1. The summed E-state index contributed by atoms with van der Waals surface area (Å²) >= 11 is 5.98. The highest BCUT2D eigenvalue weighted by Crippen LogP contribution is 2.18. The highest BCUT2D eigenvalue weighted by molar-refractivity contribution is 6.34. The SMILES string of the molecule is CCc1cccc(NC(=O)c2ccccc2Cl)c1. The van der Waals surface area contributed by atoms with E-state index in [1.165, 1.54) is 5.56 Å². The largest absolute Gasteiger partial charge is 0.322 e. The molecular formula is C15H14ClNO. The summed E-state index contributed by atoms with van der Waals surface area (Å²) in [6.07, 6.45) is 0.940. The Morgan fingerprint density at radius 1 is 1.17 bits per heavy atom. The van der Waals surface area contributed by atoms with E-state index in [1.807, 2.05) is 24.3 Å². The predicted molar refractivity (Wildman–Crippen MR) is 75.2 cm³/mol. The zero-order valence-corrected chi connectivity index (χ0v) is 10.9. The van der Waals surface area contributed by atoms with Gasteiger partial charge in [0.2, 0.25) is 0 Å². The van der Waals surface area contributed by atoms with Crippen molar-refractivity contribution in [3.63, 3.8) is 0 Å². The number of carbonyl (C=O) groups excluding carboxylic acids is 1. The highest BCUT2D eigenvalue weighted by atomic mass is 35.5. The van der Waals surface area contributed by atoms with Gasteiger partial charge < -0.3 is 5.32 Å². The van der Waals surface area contributed by atoms with Crippen molar-refractivity contribution >= 4 is 23.2 Å². The molecule has 0 aliphatic rings. The summed E-state index contributed by atoms with van der Waals surface area (Å²) in [5, 5.41) is 3.31. The van der Waals surface area contributed by atoms with Crippen molar-refractivity contribution < 1.29 is 4.79 Å². The monoisotopic (exact) mass is 259 g/mol. The normalized spacial score (nSPS) is 10.1. The number of hydrogen-bond acceptors (Lipinski definition) is 1. The number of rotatable bonds is 3. The molecule has 1 amide bonds. The molecule has 2 aromatic carbocycles. The Morgan fingerprint density at radius 2 is 1.94 bits per heavy atom. The first-order valence-corrected chi connectivity index (χ1v) is 6.23. The Kier molecular flexibility index (Phi) is 4.00. The third kappa shape index (κ3) is 2.90. The molecule has 0 aromatic heterocycles. The maximum atomic E-state index is 12.0. The smallest absolute Gasteiger partial charge is 0.257 e. The van der Waals surface area contributed by atoms with E-state index in [2.05, 4.69) is 12.2 Å². The average molecular weight is 260 g/mol. The fourth-order valence-corrected chi connectivity index (χ4v) is 1.93. The summed E-state index contributed by atoms with van der Waals surface area (Å²) in [5.74, 6) is -0.186. The quantitative estimate of drug-likeness (QED) is 0.881. The van der Waals surface area contributed by atoms with Crippen LogP contribution in [-0.4, -0.2) is 5.91 Å². The molecule has 0 atom stereocenters. The third-order valence-electron chi connectivity index (χ3n) is 2.71. The first-order valence-electron chi connectivity index (χ1n) is 5.85. The number of hydrogen-bond donors (Lipinski definition) is 1. The van der Waals surface area contributed by atoms with Gasteiger partial charge in [-0.1, -0.05) is 42.8 Å². The van der Waals surface area contributed by atoms with E-state index in [9.17, 15) is 4.79 Å². The Hall–Kier alpha value is -1.80. The molecule has 18 heavy (non-hydrogen) atoms. The number of halogens is 1. The van der Waals surface area contributed by atoms with Crippen LogP contribution >= 0.6 is 11.6 Å². The fourth-order valence-electron chi connectivity index (χ4n) is 1.71. The Bertz CT molecular complexity index is 566. The van der Waals surface area contributed by atoms with E-state index in [-0.39, 0.29) is 5.91 Å². The zero-order valence-electron chi connectivity index (χ0n) is 10.1. The standard InChI is InChI=1S/C15H14ClNO/c1-2-11-6-5-7-12(10-11)17-15(18)13-8-3-4-9-14(13)16/h3-10H,2H2,1H3,(H,17,18). The van der Waals surface area contributed by atoms with Crippen LogP contribution in [0.2, 0.25) is 5.02 Å². The summed E-state index contributed by atoms with van der Waals surface area (Å²) in [5.41, 5.74) is 2.47. The summed E-state index contributed by atoms with van der Waals surface area (Å²) in [7, 11) is 0. The van der Waals surface area contributed by atoms with Crippen molar-refractivity contribution in [2.45, 2.75) is 13.3 Å². The molecule has 0 aliphatic heterocycles.